The van der Waals surface area contributed by atoms with Crippen LogP contribution in [0.25, 0.3) is 12.2 Å². The van der Waals surface area contributed by atoms with Crippen molar-refractivity contribution in [3.8, 4) is 0 Å². The molecule has 0 fully saturated rings. The van der Waals surface area contributed by atoms with Crippen molar-refractivity contribution >= 4 is 12.2 Å². The van der Waals surface area contributed by atoms with Gasteiger partial charge in [-0.3, -0.25) is 4.90 Å². The fourth-order valence-electron chi connectivity index (χ4n) is 2.80. The Kier molecular flexibility index (Phi) is 10.9. The van der Waals surface area contributed by atoms with Crippen LogP contribution in [0.4, 0.5) is 0 Å². The Morgan fingerprint density at radius 1 is 0.741 bits per heavy atom. The lowest BCUT2D eigenvalue weighted by Crippen LogP contribution is -2.26. The van der Waals surface area contributed by atoms with E-state index in [1.165, 1.54) is 17.5 Å². The third-order valence-corrected chi connectivity index (χ3v) is 4.35. The summed E-state index contributed by atoms with van der Waals surface area (Å²) in [6.45, 7) is 6.87. The van der Waals surface area contributed by atoms with Crippen molar-refractivity contribution in [3.05, 3.63) is 83.9 Å². The minimum atomic E-state index is 0.849. The van der Waals surface area contributed by atoms with Gasteiger partial charge in [-0.2, -0.15) is 0 Å². The molecule has 27 heavy (non-hydrogen) atoms. The summed E-state index contributed by atoms with van der Waals surface area (Å²) in [5.74, 6) is 0. The van der Waals surface area contributed by atoms with Gasteiger partial charge < -0.3 is 4.74 Å². The largest absolute Gasteiger partial charge is 0.381 e. The first-order valence-corrected chi connectivity index (χ1v) is 10.1. The minimum absolute atomic E-state index is 0.849. The number of hydrogen-bond acceptors (Lipinski definition) is 2. The summed E-state index contributed by atoms with van der Waals surface area (Å²) in [5, 5.41) is 0. The van der Waals surface area contributed by atoms with Crippen molar-refractivity contribution in [2.24, 2.45) is 0 Å². The van der Waals surface area contributed by atoms with Crippen LogP contribution in [-0.2, 0) is 4.74 Å². The normalized spacial score (nSPS) is 11.8. The van der Waals surface area contributed by atoms with Crippen LogP contribution < -0.4 is 0 Å². The Morgan fingerprint density at radius 2 is 1.26 bits per heavy atom. The molecule has 0 aromatic heterocycles. The van der Waals surface area contributed by atoms with E-state index in [1.807, 2.05) is 0 Å². The van der Waals surface area contributed by atoms with Crippen molar-refractivity contribution in [1.82, 2.24) is 4.90 Å². The maximum atomic E-state index is 5.71. The second-order valence-corrected chi connectivity index (χ2v) is 6.71. The quantitative estimate of drug-likeness (QED) is 0.409. The van der Waals surface area contributed by atoms with Crippen LogP contribution in [0.5, 0.6) is 0 Å². The topological polar surface area (TPSA) is 12.5 Å². The average Bonchev–Trinajstić information content (AvgIpc) is 2.72. The van der Waals surface area contributed by atoms with Gasteiger partial charge in [-0.05, 0) is 24.0 Å². The van der Waals surface area contributed by atoms with Crippen molar-refractivity contribution in [2.75, 3.05) is 32.8 Å². The Balaban J connectivity index is 1.81. The van der Waals surface area contributed by atoms with Gasteiger partial charge in [-0.15, -0.1) is 0 Å². The molecule has 0 aliphatic carbocycles. The van der Waals surface area contributed by atoms with E-state index < -0.39 is 0 Å². The number of unbranched alkanes of at least 4 members (excludes halogenated alkanes) is 1. The third-order valence-electron chi connectivity index (χ3n) is 4.35. The van der Waals surface area contributed by atoms with E-state index in [2.05, 4.69) is 96.8 Å². The molecule has 0 aliphatic rings. The smallest absolute Gasteiger partial charge is 0.0478 e. The summed E-state index contributed by atoms with van der Waals surface area (Å²) in [6.07, 6.45) is 12.3. The number of nitrogens with zero attached hydrogens (tertiary/aromatic N) is 1. The first-order chi connectivity index (χ1) is 13.4. The van der Waals surface area contributed by atoms with E-state index in [-0.39, 0.29) is 0 Å². The van der Waals surface area contributed by atoms with Crippen molar-refractivity contribution in [3.63, 3.8) is 0 Å². The molecule has 0 saturated heterocycles. The Hall–Kier alpha value is -2.16. The lowest BCUT2D eigenvalue weighted by Gasteiger charge is -2.19. The van der Waals surface area contributed by atoms with Crippen LogP contribution >= 0.6 is 0 Å². The zero-order chi connectivity index (χ0) is 19.0. The molecular weight excluding hydrogens is 330 g/mol. The molecule has 0 heterocycles. The van der Waals surface area contributed by atoms with Crippen molar-refractivity contribution in [2.45, 2.75) is 26.2 Å². The van der Waals surface area contributed by atoms with Gasteiger partial charge in [0.1, 0.15) is 0 Å². The zero-order valence-corrected chi connectivity index (χ0v) is 16.6. The highest BCUT2D eigenvalue weighted by molar-refractivity contribution is 5.49. The Bertz CT molecular complexity index is 597. The van der Waals surface area contributed by atoms with Gasteiger partial charge >= 0.3 is 0 Å². The van der Waals surface area contributed by atoms with Crippen LogP contribution in [-0.4, -0.2) is 37.7 Å². The van der Waals surface area contributed by atoms with E-state index in [1.54, 1.807) is 0 Å². The van der Waals surface area contributed by atoms with Gasteiger partial charge in [0.05, 0.1) is 0 Å². The molecule has 2 heteroatoms. The summed E-state index contributed by atoms with van der Waals surface area (Å²) in [5.41, 5.74) is 2.50. The second kappa shape index (κ2) is 14.0. The highest BCUT2D eigenvalue weighted by Crippen LogP contribution is 2.04. The highest BCUT2D eigenvalue weighted by atomic mass is 16.5. The maximum Gasteiger partial charge on any atom is 0.0478 e. The average molecular weight is 364 g/mol. The molecule has 0 aliphatic heterocycles. The fourth-order valence-corrected chi connectivity index (χ4v) is 2.80. The highest BCUT2D eigenvalue weighted by Gasteiger charge is 2.01. The number of benzene rings is 2. The molecule has 2 aromatic rings. The molecular formula is C25H33NO. The standard InChI is InChI=1S/C25H33NO/c1-2-3-22-27-23-12-21-26(19-10-17-24-13-6-4-7-14-24)20-11-18-25-15-8-5-9-16-25/h4-11,13-18H,2-3,12,19-23H2,1H3/b17-10+,18-11+. The van der Waals surface area contributed by atoms with Crippen molar-refractivity contribution < 1.29 is 4.74 Å². The zero-order valence-electron chi connectivity index (χ0n) is 16.6. The van der Waals surface area contributed by atoms with Crippen molar-refractivity contribution in [1.29, 1.82) is 0 Å². The van der Waals surface area contributed by atoms with E-state index in [9.17, 15) is 0 Å². The second-order valence-electron chi connectivity index (χ2n) is 6.71. The van der Waals surface area contributed by atoms with E-state index in [0.29, 0.717) is 0 Å². The van der Waals surface area contributed by atoms with Crippen LogP contribution in [0.2, 0.25) is 0 Å². The monoisotopic (exact) mass is 363 g/mol. The van der Waals surface area contributed by atoms with E-state index in [4.69, 9.17) is 4.74 Å². The molecule has 0 N–H and O–H groups in total. The fraction of sp³-hybridized carbons (Fsp3) is 0.360. The van der Waals surface area contributed by atoms with Crippen LogP contribution in [0.3, 0.4) is 0 Å². The lowest BCUT2D eigenvalue weighted by atomic mass is 10.2. The first-order valence-electron chi connectivity index (χ1n) is 10.1. The lowest BCUT2D eigenvalue weighted by molar-refractivity contribution is 0.121. The van der Waals surface area contributed by atoms with Crippen LogP contribution in [0, 0.1) is 0 Å². The molecule has 2 aromatic carbocycles. The molecule has 0 spiro atoms. The minimum Gasteiger partial charge on any atom is -0.381 e. The summed E-state index contributed by atoms with van der Waals surface area (Å²) < 4.78 is 5.71. The first kappa shape index (κ1) is 21.1. The number of hydrogen-bond donors (Lipinski definition) is 0. The van der Waals surface area contributed by atoms with Gasteiger partial charge in [-0.25, -0.2) is 0 Å². The van der Waals surface area contributed by atoms with Crippen LogP contribution in [0.1, 0.15) is 37.3 Å². The number of rotatable bonds is 13. The molecule has 0 atom stereocenters. The third kappa shape index (κ3) is 9.93. The SMILES string of the molecule is CCCCOCCCN(C/C=C/c1ccccc1)C/C=C/c1ccccc1. The summed E-state index contributed by atoms with van der Waals surface area (Å²) >= 11 is 0. The van der Waals surface area contributed by atoms with Gasteiger partial charge in [0.25, 0.3) is 0 Å². The molecule has 0 saturated carbocycles. The molecule has 0 unspecified atom stereocenters. The van der Waals surface area contributed by atoms with Gasteiger partial charge in [0, 0.05) is 32.8 Å². The molecule has 0 radical (unpaired) electrons. The molecule has 144 valence electrons. The van der Waals surface area contributed by atoms with Gasteiger partial charge in [-0.1, -0.05) is 98.3 Å². The summed E-state index contributed by atoms with van der Waals surface area (Å²) in [4.78, 5) is 2.46. The van der Waals surface area contributed by atoms with E-state index in [0.717, 1.165) is 45.7 Å². The molecule has 0 amide bonds. The van der Waals surface area contributed by atoms with Gasteiger partial charge in [0.2, 0.25) is 0 Å². The predicted molar refractivity (Wildman–Crippen MR) is 118 cm³/mol. The maximum absolute atomic E-state index is 5.71. The van der Waals surface area contributed by atoms with Crippen LogP contribution in [0.15, 0.2) is 72.8 Å². The molecule has 0 bridgehead atoms. The predicted octanol–water partition coefficient (Wildman–Crippen LogP) is 5.92. The molecule has 2 rings (SSSR count). The molecule has 2 nitrogen and oxygen atoms in total. The van der Waals surface area contributed by atoms with Gasteiger partial charge in [0.15, 0.2) is 0 Å². The van der Waals surface area contributed by atoms with E-state index >= 15 is 0 Å². The number of ether oxygens (including phenoxy) is 1. The Labute approximate surface area is 165 Å². The summed E-state index contributed by atoms with van der Waals surface area (Å²) in [7, 11) is 0. The Morgan fingerprint density at radius 3 is 1.78 bits per heavy atom. The summed E-state index contributed by atoms with van der Waals surface area (Å²) in [6, 6.07) is 21.0.